The van der Waals surface area contributed by atoms with Gasteiger partial charge in [-0.15, -0.1) is 11.3 Å². The van der Waals surface area contributed by atoms with E-state index in [1.165, 1.54) is 10.4 Å². The van der Waals surface area contributed by atoms with Crippen molar-refractivity contribution in [3.05, 3.63) is 16.3 Å². The lowest BCUT2D eigenvalue weighted by atomic mass is 10.2. The number of rotatable bonds is 5. The third-order valence-electron chi connectivity index (χ3n) is 3.19. The molecule has 6 heteroatoms. The van der Waals surface area contributed by atoms with Gasteiger partial charge in [-0.2, -0.15) is 11.8 Å². The monoisotopic (exact) mass is 296 g/mol. The lowest BCUT2D eigenvalue weighted by molar-refractivity contribution is 0.724. The summed E-state index contributed by atoms with van der Waals surface area (Å²) in [7, 11) is 0. The van der Waals surface area contributed by atoms with E-state index in [1.807, 2.05) is 0 Å². The van der Waals surface area contributed by atoms with Crippen molar-refractivity contribution in [1.29, 1.82) is 0 Å². The predicted octanol–water partition coefficient (Wildman–Crippen LogP) is 2.86. The van der Waals surface area contributed by atoms with E-state index >= 15 is 0 Å². The Morgan fingerprint density at radius 1 is 1.32 bits per heavy atom. The smallest absolute Gasteiger partial charge is 0.142 e. The molecule has 0 aliphatic carbocycles. The van der Waals surface area contributed by atoms with Crippen LogP contribution in [0.3, 0.4) is 0 Å². The molecule has 4 N–H and O–H groups in total. The van der Waals surface area contributed by atoms with Crippen LogP contribution >= 0.6 is 23.1 Å². The molecule has 2 rings (SSSR count). The first-order chi connectivity index (χ1) is 9.02. The SMILES string of the molecule is CCC(N)CSCc1nc(N)c2c(C)c(C)sc2n1. The van der Waals surface area contributed by atoms with E-state index in [-0.39, 0.29) is 6.04 Å². The second kappa shape index (κ2) is 6.07. The van der Waals surface area contributed by atoms with Crippen molar-refractivity contribution < 1.29 is 0 Å². The zero-order chi connectivity index (χ0) is 14.0. The third-order valence-corrected chi connectivity index (χ3v) is 5.42. The summed E-state index contributed by atoms with van der Waals surface area (Å²) in [6.07, 6.45) is 0.998. The van der Waals surface area contributed by atoms with Crippen LogP contribution in [0.15, 0.2) is 0 Å². The second-order valence-corrected chi connectivity index (χ2v) is 6.91. The molecule has 2 aromatic rings. The van der Waals surface area contributed by atoms with Crippen LogP contribution < -0.4 is 11.5 Å². The molecule has 1 unspecified atom stereocenters. The van der Waals surface area contributed by atoms with Gasteiger partial charge in [0.2, 0.25) is 0 Å². The standard InChI is InChI=1S/C13H20N4S2/c1-4-9(14)5-18-6-10-16-12(15)11-7(2)8(3)19-13(11)17-10/h9H,4-6,14H2,1-3H3,(H2,15,16,17). The van der Waals surface area contributed by atoms with Gasteiger partial charge in [0, 0.05) is 16.7 Å². The Kier molecular flexibility index (Phi) is 4.65. The Balaban J connectivity index is 2.17. The Hall–Kier alpha value is -0.850. The largest absolute Gasteiger partial charge is 0.383 e. The molecule has 0 bridgehead atoms. The van der Waals surface area contributed by atoms with Crippen LogP contribution in [0, 0.1) is 13.8 Å². The van der Waals surface area contributed by atoms with Crippen LogP contribution in [-0.2, 0) is 5.75 Å². The van der Waals surface area contributed by atoms with Crippen molar-refractivity contribution >= 4 is 39.1 Å². The number of nitrogens with zero attached hydrogens (tertiary/aromatic N) is 2. The highest BCUT2D eigenvalue weighted by molar-refractivity contribution is 7.98. The molecular formula is C13H20N4S2. The number of aryl methyl sites for hydroxylation is 2. The van der Waals surface area contributed by atoms with E-state index in [0.29, 0.717) is 5.82 Å². The highest BCUT2D eigenvalue weighted by atomic mass is 32.2. The molecule has 0 aromatic carbocycles. The molecule has 0 amide bonds. The fourth-order valence-corrected chi connectivity index (χ4v) is 3.83. The summed E-state index contributed by atoms with van der Waals surface area (Å²) in [5, 5.41) is 1.02. The summed E-state index contributed by atoms with van der Waals surface area (Å²) in [4.78, 5) is 11.3. The van der Waals surface area contributed by atoms with Crippen LogP contribution in [0.4, 0.5) is 5.82 Å². The maximum absolute atomic E-state index is 6.05. The Morgan fingerprint density at radius 2 is 2.05 bits per heavy atom. The Morgan fingerprint density at radius 3 is 2.74 bits per heavy atom. The van der Waals surface area contributed by atoms with Crippen LogP contribution in [0.2, 0.25) is 0 Å². The zero-order valence-electron chi connectivity index (χ0n) is 11.6. The van der Waals surface area contributed by atoms with Crippen LogP contribution in [0.25, 0.3) is 10.2 Å². The van der Waals surface area contributed by atoms with E-state index in [2.05, 4.69) is 30.7 Å². The summed E-state index contributed by atoms with van der Waals surface area (Å²) in [5.74, 6) is 3.10. The summed E-state index contributed by atoms with van der Waals surface area (Å²) >= 11 is 3.45. The minimum atomic E-state index is 0.248. The number of thiophene rings is 1. The summed E-state index contributed by atoms with van der Waals surface area (Å²) < 4.78 is 0. The highest BCUT2D eigenvalue weighted by Gasteiger charge is 2.12. The zero-order valence-corrected chi connectivity index (χ0v) is 13.2. The van der Waals surface area contributed by atoms with E-state index in [0.717, 1.165) is 34.0 Å². The molecule has 0 fully saturated rings. The number of hydrogen-bond acceptors (Lipinski definition) is 6. The van der Waals surface area contributed by atoms with E-state index in [9.17, 15) is 0 Å². The third kappa shape index (κ3) is 3.19. The number of thioether (sulfide) groups is 1. The summed E-state index contributed by atoms with van der Waals surface area (Å²) in [6, 6.07) is 0.248. The number of aromatic nitrogens is 2. The number of nitrogens with two attached hydrogens (primary N) is 2. The van der Waals surface area contributed by atoms with Crippen LogP contribution in [0.5, 0.6) is 0 Å². The highest BCUT2D eigenvalue weighted by Crippen LogP contribution is 2.32. The number of nitrogen functional groups attached to an aromatic ring is 1. The summed E-state index contributed by atoms with van der Waals surface area (Å²) in [5.41, 5.74) is 13.1. The van der Waals surface area contributed by atoms with Crippen LogP contribution in [0.1, 0.15) is 29.6 Å². The normalized spacial score (nSPS) is 13.1. The molecule has 2 heterocycles. The quantitative estimate of drug-likeness (QED) is 0.887. The lowest BCUT2D eigenvalue weighted by Gasteiger charge is -2.07. The van der Waals surface area contributed by atoms with Crippen LogP contribution in [-0.4, -0.2) is 21.8 Å². The van der Waals surface area contributed by atoms with Gasteiger partial charge in [-0.25, -0.2) is 9.97 Å². The molecule has 0 aliphatic heterocycles. The van der Waals surface area contributed by atoms with E-state index in [4.69, 9.17) is 11.5 Å². The topological polar surface area (TPSA) is 77.8 Å². The fourth-order valence-electron chi connectivity index (χ4n) is 1.81. The minimum absolute atomic E-state index is 0.248. The average molecular weight is 296 g/mol. The number of anilines is 1. The minimum Gasteiger partial charge on any atom is -0.383 e. The second-order valence-electron chi connectivity index (χ2n) is 4.67. The maximum Gasteiger partial charge on any atom is 0.142 e. The van der Waals surface area contributed by atoms with Gasteiger partial charge in [0.1, 0.15) is 16.5 Å². The molecule has 0 saturated carbocycles. The van der Waals surface area contributed by atoms with Crippen molar-refractivity contribution in [2.45, 2.75) is 39.0 Å². The van der Waals surface area contributed by atoms with Gasteiger partial charge < -0.3 is 11.5 Å². The van der Waals surface area contributed by atoms with Crippen molar-refractivity contribution in [1.82, 2.24) is 9.97 Å². The average Bonchev–Trinajstić information content (AvgIpc) is 2.65. The molecular weight excluding hydrogens is 276 g/mol. The Labute approximate surface area is 122 Å². The van der Waals surface area contributed by atoms with Gasteiger partial charge in [-0.1, -0.05) is 6.92 Å². The van der Waals surface area contributed by atoms with Gasteiger partial charge in [0.25, 0.3) is 0 Å². The number of hydrogen-bond donors (Lipinski definition) is 2. The van der Waals surface area contributed by atoms with Crippen molar-refractivity contribution in [2.75, 3.05) is 11.5 Å². The van der Waals surface area contributed by atoms with E-state index in [1.54, 1.807) is 23.1 Å². The molecule has 104 valence electrons. The number of fused-ring (bicyclic) bond motifs is 1. The van der Waals surface area contributed by atoms with Crippen molar-refractivity contribution in [3.63, 3.8) is 0 Å². The fraction of sp³-hybridized carbons (Fsp3) is 0.538. The van der Waals surface area contributed by atoms with Gasteiger partial charge in [-0.3, -0.25) is 0 Å². The molecule has 1 atom stereocenters. The molecule has 0 aliphatic rings. The molecule has 0 spiro atoms. The molecule has 2 aromatic heterocycles. The van der Waals surface area contributed by atoms with Gasteiger partial charge >= 0.3 is 0 Å². The molecule has 0 radical (unpaired) electrons. The lowest BCUT2D eigenvalue weighted by Crippen LogP contribution is -2.21. The molecule has 0 saturated heterocycles. The van der Waals surface area contributed by atoms with E-state index < -0.39 is 0 Å². The Bertz CT molecular complexity index is 580. The predicted molar refractivity (Wildman–Crippen MR) is 85.7 cm³/mol. The first-order valence-corrected chi connectivity index (χ1v) is 8.35. The maximum atomic E-state index is 6.05. The molecule has 4 nitrogen and oxygen atoms in total. The van der Waals surface area contributed by atoms with Gasteiger partial charge in [-0.05, 0) is 25.8 Å². The first kappa shape index (κ1) is 14.6. The molecule has 19 heavy (non-hydrogen) atoms. The van der Waals surface area contributed by atoms with Gasteiger partial charge in [0.15, 0.2) is 0 Å². The van der Waals surface area contributed by atoms with Crippen molar-refractivity contribution in [2.24, 2.45) is 5.73 Å². The van der Waals surface area contributed by atoms with Gasteiger partial charge in [0.05, 0.1) is 11.1 Å². The van der Waals surface area contributed by atoms with Crippen molar-refractivity contribution in [3.8, 4) is 0 Å². The first-order valence-electron chi connectivity index (χ1n) is 6.38. The summed E-state index contributed by atoms with van der Waals surface area (Å²) in [6.45, 7) is 6.27.